The van der Waals surface area contributed by atoms with Crippen molar-refractivity contribution in [1.29, 1.82) is 0 Å². The van der Waals surface area contributed by atoms with E-state index in [9.17, 15) is 51.4 Å². The first-order valence-corrected chi connectivity index (χ1v) is 9.19. The molecule has 0 aromatic carbocycles. The molecule has 0 spiro atoms. The normalized spacial score (nSPS) is 11.2. The third-order valence-corrected chi connectivity index (χ3v) is 3.92. The zero-order valence-corrected chi connectivity index (χ0v) is 18.2. The van der Waals surface area contributed by atoms with Crippen molar-refractivity contribution in [3.8, 4) is 0 Å². The number of halogens is 8. The van der Waals surface area contributed by atoms with E-state index in [1.54, 1.807) is 0 Å². The average molecular weight is 555 g/mol. The Morgan fingerprint density at radius 3 is 1.80 bits per heavy atom. The minimum Gasteiger partial charge on any atom is -0.450 e. The van der Waals surface area contributed by atoms with Crippen LogP contribution in [0, 0.1) is 20.2 Å². The fourth-order valence-electron chi connectivity index (χ4n) is 2.05. The molecular weight excluding hydrogens is 545 g/mol. The lowest BCUT2D eigenvalue weighted by molar-refractivity contribution is -0.384. The molecule has 192 valence electrons. The number of hydrogen-bond acceptors (Lipinski definition) is 9. The van der Waals surface area contributed by atoms with E-state index in [2.05, 4.69) is 14.7 Å². The predicted octanol–water partition coefficient (Wildman–Crippen LogP) is 5.47. The molecule has 35 heavy (non-hydrogen) atoms. The lowest BCUT2D eigenvalue weighted by Gasteiger charge is -2.10. The van der Waals surface area contributed by atoms with Gasteiger partial charge in [0.25, 0.3) is 0 Å². The topological polar surface area (TPSA) is 176 Å². The van der Waals surface area contributed by atoms with E-state index >= 15 is 0 Å². The molecule has 0 atom stereocenters. The molecule has 2 aromatic rings. The zero-order chi connectivity index (χ0) is 27.3. The summed E-state index contributed by atoms with van der Waals surface area (Å²) in [5, 5.41) is 21.0. The fraction of sp³-hybridized carbons (Fsp3) is 0.267. The predicted molar refractivity (Wildman–Crippen MR) is 107 cm³/mol. The highest BCUT2D eigenvalue weighted by atomic mass is 35.5. The van der Waals surface area contributed by atoms with Crippen LogP contribution in [0.5, 0.6) is 0 Å². The minimum atomic E-state index is -4.87. The van der Waals surface area contributed by atoms with Gasteiger partial charge in [0.2, 0.25) is 10.3 Å². The number of rotatable bonds is 4. The van der Waals surface area contributed by atoms with Crippen LogP contribution in [0.2, 0.25) is 10.3 Å². The van der Waals surface area contributed by atoms with E-state index in [1.165, 1.54) is 6.92 Å². The molecule has 1 amide bonds. The number of nitrogens with one attached hydrogen (secondary N) is 1. The first-order chi connectivity index (χ1) is 15.9. The first-order valence-electron chi connectivity index (χ1n) is 8.43. The van der Waals surface area contributed by atoms with Crippen LogP contribution < -0.4 is 11.1 Å². The lowest BCUT2D eigenvalue weighted by atomic mass is 10.2. The van der Waals surface area contributed by atoms with Crippen molar-refractivity contribution in [2.75, 3.05) is 17.7 Å². The number of nitro groups is 2. The van der Waals surface area contributed by atoms with E-state index in [0.29, 0.717) is 12.1 Å². The molecule has 0 saturated carbocycles. The molecule has 0 unspecified atom stereocenters. The van der Waals surface area contributed by atoms with Crippen LogP contribution >= 0.6 is 23.2 Å². The number of alkyl halides is 6. The number of hydrogen-bond donors (Lipinski definition) is 2. The summed E-state index contributed by atoms with van der Waals surface area (Å²) in [5.74, 6) is 0. The van der Waals surface area contributed by atoms with Crippen LogP contribution in [0.25, 0.3) is 0 Å². The van der Waals surface area contributed by atoms with Gasteiger partial charge in [-0.25, -0.2) is 14.8 Å². The van der Waals surface area contributed by atoms with Gasteiger partial charge in [-0.3, -0.25) is 25.5 Å². The summed E-state index contributed by atoms with van der Waals surface area (Å²) in [4.78, 5) is 35.9. The molecule has 3 N–H and O–H groups in total. The summed E-state index contributed by atoms with van der Waals surface area (Å²) in [6.45, 7) is 1.39. The number of anilines is 2. The molecule has 0 fully saturated rings. The van der Waals surface area contributed by atoms with Crippen molar-refractivity contribution in [2.24, 2.45) is 0 Å². The highest BCUT2D eigenvalue weighted by molar-refractivity contribution is 6.32. The van der Waals surface area contributed by atoms with Crippen LogP contribution in [-0.4, -0.2) is 32.5 Å². The van der Waals surface area contributed by atoms with Crippen molar-refractivity contribution in [3.05, 3.63) is 54.1 Å². The number of pyridine rings is 2. The number of nitrogens with two attached hydrogens (primary N) is 1. The number of nitrogens with zero attached hydrogens (tertiary/aromatic N) is 4. The average Bonchev–Trinajstić information content (AvgIpc) is 2.65. The molecule has 0 radical (unpaired) electrons. The van der Waals surface area contributed by atoms with E-state index < -0.39 is 72.7 Å². The first kappa shape index (κ1) is 29.4. The number of carbonyl (C=O) groups is 1. The minimum absolute atomic E-state index is 0.0649. The number of aromatic nitrogens is 2. The Bertz CT molecular complexity index is 1120. The van der Waals surface area contributed by atoms with Gasteiger partial charge >= 0.3 is 29.8 Å². The zero-order valence-electron chi connectivity index (χ0n) is 16.7. The van der Waals surface area contributed by atoms with Gasteiger partial charge < -0.3 is 10.5 Å². The summed E-state index contributed by atoms with van der Waals surface area (Å²) in [6.07, 6.45) is -10.8. The maximum Gasteiger partial charge on any atom is 0.433 e. The smallest absolute Gasteiger partial charge is 0.433 e. The quantitative estimate of drug-likeness (QED) is 0.214. The highest BCUT2D eigenvalue weighted by Gasteiger charge is 2.37. The maximum atomic E-state index is 12.5. The van der Waals surface area contributed by atoms with Crippen molar-refractivity contribution >= 4 is 52.0 Å². The second kappa shape index (κ2) is 11.2. The number of carbonyl (C=O) groups excluding carboxylic acids is 1. The summed E-state index contributed by atoms with van der Waals surface area (Å²) >= 11 is 10.6. The van der Waals surface area contributed by atoms with Crippen LogP contribution in [0.3, 0.4) is 0 Å². The largest absolute Gasteiger partial charge is 0.450 e. The van der Waals surface area contributed by atoms with Crippen molar-refractivity contribution in [3.63, 3.8) is 0 Å². The van der Waals surface area contributed by atoms with Crippen molar-refractivity contribution < 1.29 is 45.7 Å². The third-order valence-electron chi connectivity index (χ3n) is 3.39. The van der Waals surface area contributed by atoms with Gasteiger partial charge in [-0.15, -0.1) is 0 Å². The Balaban J connectivity index is 0.000000365. The maximum absolute atomic E-state index is 12.5. The molecule has 0 aliphatic rings. The van der Waals surface area contributed by atoms with E-state index in [0.717, 1.165) is 0 Å². The molecule has 2 rings (SSSR count). The Kier molecular flexibility index (Phi) is 9.37. The summed E-state index contributed by atoms with van der Waals surface area (Å²) in [5.41, 5.74) is -0.987. The van der Waals surface area contributed by atoms with Gasteiger partial charge in [-0.05, 0) is 19.1 Å². The lowest BCUT2D eigenvalue weighted by Crippen LogP contribution is -2.17. The Morgan fingerprint density at radius 1 is 1.00 bits per heavy atom. The SMILES string of the molecule is CCOC(=O)Nc1cc(C(F)(F)F)nc(Cl)c1[N+](=O)[O-].Nc1cc(C(F)(F)F)nc(Cl)c1[N+](=O)[O-]. The van der Waals surface area contributed by atoms with E-state index in [1.807, 2.05) is 5.32 Å². The summed E-state index contributed by atoms with van der Waals surface area (Å²) < 4.78 is 78.4. The van der Waals surface area contributed by atoms with Crippen molar-refractivity contribution in [2.45, 2.75) is 19.3 Å². The van der Waals surface area contributed by atoms with Crippen LogP contribution in [-0.2, 0) is 17.1 Å². The van der Waals surface area contributed by atoms with Crippen molar-refractivity contribution in [1.82, 2.24) is 9.97 Å². The van der Waals surface area contributed by atoms with Crippen LogP contribution in [0.15, 0.2) is 12.1 Å². The number of ether oxygens (including phenoxy) is 1. The second-order valence-electron chi connectivity index (χ2n) is 5.79. The molecule has 2 heterocycles. The van der Waals surface area contributed by atoms with Gasteiger partial charge in [0.15, 0.2) is 0 Å². The molecule has 12 nitrogen and oxygen atoms in total. The van der Waals surface area contributed by atoms with Gasteiger partial charge in [-0.2, -0.15) is 26.3 Å². The molecule has 20 heteroatoms. The van der Waals surface area contributed by atoms with Gasteiger partial charge in [0.1, 0.15) is 22.8 Å². The second-order valence-corrected chi connectivity index (χ2v) is 6.50. The molecule has 0 aliphatic carbocycles. The number of amides is 1. The monoisotopic (exact) mass is 554 g/mol. The Morgan fingerprint density at radius 2 is 1.43 bits per heavy atom. The number of nitrogen functional groups attached to an aromatic ring is 1. The molecule has 2 aromatic heterocycles. The van der Waals surface area contributed by atoms with Gasteiger partial charge in [0, 0.05) is 0 Å². The summed E-state index contributed by atoms with van der Waals surface area (Å²) in [7, 11) is 0. The van der Waals surface area contributed by atoms with Gasteiger partial charge in [-0.1, -0.05) is 23.2 Å². The molecular formula is C15H10Cl2F6N6O6. The standard InChI is InChI=1S/C9H7ClF3N3O4.C6H3ClF3N3O2/c1-2-20-8(17)14-4-3-5(9(11,12)13)15-7(10)6(4)16(18)19;7-5-4(13(14)15)2(11)1-3(12-5)6(8,9)10/h3H,2H2,1H3,(H,14,15,17);1H,(H2,11,12). The molecule has 0 aliphatic heterocycles. The van der Waals surface area contributed by atoms with Crippen LogP contribution in [0.1, 0.15) is 18.3 Å². The molecule has 0 bridgehead atoms. The third kappa shape index (κ3) is 7.95. The van der Waals surface area contributed by atoms with E-state index in [4.69, 9.17) is 28.9 Å². The Labute approximate surface area is 199 Å². The van der Waals surface area contributed by atoms with Gasteiger partial charge in [0.05, 0.1) is 16.5 Å². The Hall–Kier alpha value is -3.67. The highest BCUT2D eigenvalue weighted by Crippen LogP contribution is 2.38. The fourth-order valence-corrected chi connectivity index (χ4v) is 2.58. The van der Waals surface area contributed by atoms with E-state index in [-0.39, 0.29) is 6.61 Å². The summed E-state index contributed by atoms with van der Waals surface area (Å²) in [6, 6.07) is 0.672. The van der Waals surface area contributed by atoms with Crippen LogP contribution in [0.4, 0.5) is 53.9 Å². The molecule has 0 saturated heterocycles.